The van der Waals surface area contributed by atoms with E-state index < -0.39 is 0 Å². The maximum absolute atomic E-state index is 11.5. The Balaban J connectivity index is 1.62. The lowest BCUT2D eigenvalue weighted by atomic mass is 10.1. The van der Waals surface area contributed by atoms with Gasteiger partial charge in [-0.2, -0.15) is 4.37 Å². The molecule has 2 aromatic carbocycles. The maximum atomic E-state index is 11.5. The molecule has 0 radical (unpaired) electrons. The molecule has 0 aliphatic rings. The van der Waals surface area contributed by atoms with Crippen LogP contribution in [-0.4, -0.2) is 26.0 Å². The Bertz CT molecular complexity index is 1390. The SMILES string of the molecule is COc1ccc2c(c1)cc(-c1ccccc1)n2Cc1cccc(-c2nsc(=O)[nH]2)n1. The highest BCUT2D eigenvalue weighted by molar-refractivity contribution is 7.03. The van der Waals surface area contributed by atoms with Crippen molar-refractivity contribution in [2.75, 3.05) is 7.11 Å². The number of fused-ring (bicyclic) bond motifs is 1. The molecule has 5 rings (SSSR count). The summed E-state index contributed by atoms with van der Waals surface area (Å²) >= 11 is 0.897. The van der Waals surface area contributed by atoms with Crippen LogP contribution in [-0.2, 0) is 6.54 Å². The van der Waals surface area contributed by atoms with Crippen molar-refractivity contribution in [3.8, 4) is 28.5 Å². The van der Waals surface area contributed by atoms with Gasteiger partial charge in [-0.25, -0.2) is 4.98 Å². The van der Waals surface area contributed by atoms with Gasteiger partial charge in [0.05, 0.1) is 19.3 Å². The van der Waals surface area contributed by atoms with Crippen molar-refractivity contribution in [3.05, 3.63) is 88.2 Å². The number of pyridine rings is 1. The normalized spacial score (nSPS) is 11.1. The number of H-pyrrole nitrogens is 1. The standard InChI is InChI=1S/C23H18N4O2S/c1-29-18-10-11-20-16(12-18)13-21(15-6-3-2-4-7-15)27(20)14-17-8-5-9-19(24-17)22-25-23(28)30-26-22/h2-13H,14H2,1H3,(H,25,26,28). The van der Waals surface area contributed by atoms with E-state index in [0.29, 0.717) is 18.1 Å². The second-order valence-electron chi connectivity index (χ2n) is 6.86. The molecule has 0 atom stereocenters. The lowest BCUT2D eigenvalue weighted by Crippen LogP contribution is -2.04. The van der Waals surface area contributed by atoms with Crippen LogP contribution in [0.1, 0.15) is 5.69 Å². The Morgan fingerprint density at radius 2 is 1.90 bits per heavy atom. The number of nitrogens with zero attached hydrogens (tertiary/aromatic N) is 3. The molecule has 30 heavy (non-hydrogen) atoms. The number of hydrogen-bond acceptors (Lipinski definition) is 5. The summed E-state index contributed by atoms with van der Waals surface area (Å²) in [6.45, 7) is 0.586. The van der Waals surface area contributed by atoms with Gasteiger partial charge in [-0.3, -0.25) is 9.78 Å². The molecule has 3 heterocycles. The molecule has 0 unspecified atom stereocenters. The number of aromatic amines is 1. The van der Waals surface area contributed by atoms with Gasteiger partial charge in [0.2, 0.25) is 0 Å². The van der Waals surface area contributed by atoms with Gasteiger partial charge in [-0.05, 0) is 42.0 Å². The summed E-state index contributed by atoms with van der Waals surface area (Å²) in [4.78, 5) is 18.7. The number of rotatable bonds is 5. The summed E-state index contributed by atoms with van der Waals surface area (Å²) in [6, 6.07) is 24.3. The zero-order valence-electron chi connectivity index (χ0n) is 16.2. The lowest BCUT2D eigenvalue weighted by molar-refractivity contribution is 0.415. The smallest absolute Gasteiger partial charge is 0.323 e. The monoisotopic (exact) mass is 414 g/mol. The first kappa shape index (κ1) is 18.3. The number of methoxy groups -OCH3 is 1. The minimum Gasteiger partial charge on any atom is -0.497 e. The Hall–Kier alpha value is -3.71. The van der Waals surface area contributed by atoms with Crippen LogP contribution in [0, 0.1) is 0 Å². The van der Waals surface area contributed by atoms with Gasteiger partial charge in [0.15, 0.2) is 5.82 Å². The summed E-state index contributed by atoms with van der Waals surface area (Å²) in [6.07, 6.45) is 0. The molecule has 5 aromatic rings. The van der Waals surface area contributed by atoms with Gasteiger partial charge in [-0.1, -0.05) is 36.4 Å². The van der Waals surface area contributed by atoms with Crippen LogP contribution in [0.2, 0.25) is 0 Å². The van der Waals surface area contributed by atoms with E-state index in [4.69, 9.17) is 9.72 Å². The van der Waals surface area contributed by atoms with E-state index in [1.807, 2.05) is 48.5 Å². The molecular formula is C23H18N4O2S. The van der Waals surface area contributed by atoms with Gasteiger partial charge < -0.3 is 9.30 Å². The number of aromatic nitrogens is 4. The van der Waals surface area contributed by atoms with Crippen molar-refractivity contribution >= 4 is 22.4 Å². The molecule has 0 saturated carbocycles. The average molecular weight is 414 g/mol. The molecule has 3 aromatic heterocycles. The summed E-state index contributed by atoms with van der Waals surface area (Å²) in [7, 11) is 1.68. The largest absolute Gasteiger partial charge is 0.497 e. The van der Waals surface area contributed by atoms with Crippen LogP contribution in [0.25, 0.3) is 33.7 Å². The van der Waals surface area contributed by atoms with Crippen molar-refractivity contribution in [2.45, 2.75) is 6.54 Å². The van der Waals surface area contributed by atoms with Crippen molar-refractivity contribution in [3.63, 3.8) is 0 Å². The topological polar surface area (TPSA) is 72.8 Å². The highest BCUT2D eigenvalue weighted by atomic mass is 32.1. The van der Waals surface area contributed by atoms with Crippen LogP contribution in [0.15, 0.2) is 77.6 Å². The molecule has 6 nitrogen and oxygen atoms in total. The molecule has 0 bridgehead atoms. The maximum Gasteiger partial charge on any atom is 0.323 e. The first-order valence-corrected chi connectivity index (χ1v) is 10.2. The molecule has 0 fully saturated rings. The minimum absolute atomic E-state index is 0.186. The number of nitrogens with one attached hydrogen (secondary N) is 1. The van der Waals surface area contributed by atoms with Crippen molar-refractivity contribution < 1.29 is 4.74 Å². The molecule has 0 aliphatic carbocycles. The predicted molar refractivity (Wildman–Crippen MR) is 119 cm³/mol. The van der Waals surface area contributed by atoms with Crippen molar-refractivity contribution in [2.24, 2.45) is 0 Å². The zero-order chi connectivity index (χ0) is 20.5. The quantitative estimate of drug-likeness (QED) is 0.457. The van der Waals surface area contributed by atoms with Gasteiger partial charge in [-0.15, -0.1) is 0 Å². The predicted octanol–water partition coefficient (Wildman–Crippen LogP) is 4.57. The summed E-state index contributed by atoms with van der Waals surface area (Å²) in [5.41, 5.74) is 4.88. The molecule has 7 heteroatoms. The highest BCUT2D eigenvalue weighted by Gasteiger charge is 2.13. The van der Waals surface area contributed by atoms with Gasteiger partial charge in [0, 0.05) is 28.1 Å². The average Bonchev–Trinajstić information content (AvgIpc) is 3.38. The van der Waals surface area contributed by atoms with Crippen LogP contribution in [0.5, 0.6) is 5.75 Å². The van der Waals surface area contributed by atoms with E-state index in [-0.39, 0.29) is 4.87 Å². The minimum atomic E-state index is -0.186. The molecule has 148 valence electrons. The van der Waals surface area contributed by atoms with Gasteiger partial charge in [0.25, 0.3) is 0 Å². The molecule has 0 amide bonds. The zero-order valence-corrected chi connectivity index (χ0v) is 17.0. The van der Waals surface area contributed by atoms with E-state index in [9.17, 15) is 4.79 Å². The van der Waals surface area contributed by atoms with Crippen LogP contribution in [0.4, 0.5) is 0 Å². The molecular weight excluding hydrogens is 396 g/mol. The van der Waals surface area contributed by atoms with E-state index in [0.717, 1.165) is 45.1 Å². The third kappa shape index (κ3) is 3.40. The number of ether oxygens (including phenoxy) is 1. The van der Waals surface area contributed by atoms with E-state index in [1.165, 1.54) is 0 Å². The second-order valence-corrected chi connectivity index (χ2v) is 7.60. The van der Waals surface area contributed by atoms with Gasteiger partial charge in [0.1, 0.15) is 11.4 Å². The fourth-order valence-corrected chi connectivity index (χ4v) is 4.05. The first-order valence-electron chi connectivity index (χ1n) is 9.46. The Labute approximate surface area is 176 Å². The highest BCUT2D eigenvalue weighted by Crippen LogP contribution is 2.31. The Morgan fingerprint density at radius 1 is 1.03 bits per heavy atom. The number of hydrogen-bond donors (Lipinski definition) is 1. The van der Waals surface area contributed by atoms with E-state index in [2.05, 4.69) is 38.2 Å². The van der Waals surface area contributed by atoms with Crippen LogP contribution < -0.4 is 9.61 Å². The Kier molecular flexibility index (Phi) is 4.65. The summed E-state index contributed by atoms with van der Waals surface area (Å²) < 4.78 is 11.8. The fraction of sp³-hybridized carbons (Fsp3) is 0.0870. The second kappa shape index (κ2) is 7.61. The van der Waals surface area contributed by atoms with Gasteiger partial charge >= 0.3 is 4.87 Å². The van der Waals surface area contributed by atoms with Crippen LogP contribution in [0.3, 0.4) is 0 Å². The lowest BCUT2D eigenvalue weighted by Gasteiger charge is -2.12. The molecule has 1 N–H and O–H groups in total. The van der Waals surface area contributed by atoms with Crippen molar-refractivity contribution in [1.82, 2.24) is 18.9 Å². The fourth-order valence-electron chi connectivity index (χ4n) is 3.60. The molecule has 0 saturated heterocycles. The van der Waals surface area contributed by atoms with E-state index in [1.54, 1.807) is 7.11 Å². The molecule has 0 aliphatic heterocycles. The summed E-state index contributed by atoms with van der Waals surface area (Å²) in [5, 5.41) is 1.10. The number of benzene rings is 2. The third-order valence-electron chi connectivity index (χ3n) is 4.99. The Morgan fingerprint density at radius 3 is 2.67 bits per heavy atom. The summed E-state index contributed by atoms with van der Waals surface area (Å²) in [5.74, 6) is 1.32. The van der Waals surface area contributed by atoms with Crippen LogP contribution >= 0.6 is 11.5 Å². The third-order valence-corrected chi connectivity index (χ3v) is 5.53. The molecule has 0 spiro atoms. The van der Waals surface area contributed by atoms with E-state index >= 15 is 0 Å². The van der Waals surface area contributed by atoms with Crippen molar-refractivity contribution in [1.29, 1.82) is 0 Å². The first-order chi connectivity index (χ1) is 14.7.